The molecule has 8 heteroatoms. The van der Waals surface area contributed by atoms with Crippen molar-refractivity contribution in [3.8, 4) is 0 Å². The highest BCUT2D eigenvalue weighted by molar-refractivity contribution is 6.01. The lowest BCUT2D eigenvalue weighted by Crippen LogP contribution is -2.35. The smallest absolute Gasteiger partial charge is 0.418 e. The van der Waals surface area contributed by atoms with Gasteiger partial charge in [0.1, 0.15) is 5.58 Å². The first kappa shape index (κ1) is 19.5. The van der Waals surface area contributed by atoms with Crippen molar-refractivity contribution in [1.82, 2.24) is 4.90 Å². The van der Waals surface area contributed by atoms with Gasteiger partial charge in [-0.2, -0.15) is 13.2 Å². The van der Waals surface area contributed by atoms with Gasteiger partial charge in [-0.15, -0.1) is 0 Å². The van der Waals surface area contributed by atoms with E-state index in [0.717, 1.165) is 22.4 Å². The first-order valence-corrected chi connectivity index (χ1v) is 8.38. The zero-order valence-electron chi connectivity index (χ0n) is 15.1. The number of hydrogen-bond donors (Lipinski definition) is 1. The van der Waals surface area contributed by atoms with Gasteiger partial charge in [-0.25, -0.2) is 0 Å². The molecule has 1 heterocycles. The molecule has 0 radical (unpaired) electrons. The molecule has 28 heavy (non-hydrogen) atoms. The van der Waals surface area contributed by atoms with E-state index in [9.17, 15) is 22.8 Å². The van der Waals surface area contributed by atoms with Crippen LogP contribution in [0.25, 0.3) is 11.0 Å². The van der Waals surface area contributed by atoms with Crippen LogP contribution in [-0.2, 0) is 11.0 Å². The van der Waals surface area contributed by atoms with Gasteiger partial charge in [0.25, 0.3) is 5.91 Å². The zero-order valence-corrected chi connectivity index (χ0v) is 15.1. The van der Waals surface area contributed by atoms with E-state index < -0.39 is 30.1 Å². The highest BCUT2D eigenvalue weighted by Crippen LogP contribution is 2.34. The lowest BCUT2D eigenvalue weighted by atomic mass is 10.1. The van der Waals surface area contributed by atoms with Crippen molar-refractivity contribution >= 4 is 28.5 Å². The number of benzene rings is 2. The molecule has 0 atom stereocenters. The monoisotopic (exact) mass is 390 g/mol. The quantitative estimate of drug-likeness (QED) is 0.715. The predicted octanol–water partition coefficient (Wildman–Crippen LogP) is 4.47. The third-order valence-corrected chi connectivity index (χ3v) is 4.27. The molecule has 1 aromatic heterocycles. The molecular weight excluding hydrogens is 373 g/mol. The number of alkyl halides is 3. The van der Waals surface area contributed by atoms with E-state index in [1.54, 1.807) is 19.1 Å². The molecule has 0 spiro atoms. The van der Waals surface area contributed by atoms with Gasteiger partial charge in [0.05, 0.1) is 17.8 Å². The summed E-state index contributed by atoms with van der Waals surface area (Å²) in [5.74, 6) is -1.19. The Morgan fingerprint density at radius 1 is 1.07 bits per heavy atom. The molecule has 1 N–H and O–H groups in total. The average molecular weight is 390 g/mol. The fourth-order valence-corrected chi connectivity index (χ4v) is 2.87. The Morgan fingerprint density at radius 3 is 2.39 bits per heavy atom. The van der Waals surface area contributed by atoms with Crippen LogP contribution in [0, 0.1) is 6.92 Å². The van der Waals surface area contributed by atoms with Crippen LogP contribution in [0.2, 0.25) is 0 Å². The second-order valence-electron chi connectivity index (χ2n) is 6.31. The molecular formula is C20H17F3N2O3. The summed E-state index contributed by atoms with van der Waals surface area (Å²) in [6.45, 7) is 1.30. The van der Waals surface area contributed by atoms with Crippen LogP contribution in [0.1, 0.15) is 21.7 Å². The molecule has 0 bridgehead atoms. The van der Waals surface area contributed by atoms with Crippen LogP contribution in [0.4, 0.5) is 18.9 Å². The van der Waals surface area contributed by atoms with E-state index in [2.05, 4.69) is 5.32 Å². The minimum atomic E-state index is -4.60. The number of furan rings is 1. The molecule has 0 saturated heterocycles. The molecule has 0 aliphatic rings. The van der Waals surface area contributed by atoms with Gasteiger partial charge < -0.3 is 14.6 Å². The van der Waals surface area contributed by atoms with Gasteiger partial charge in [-0.1, -0.05) is 30.3 Å². The number of hydrogen-bond acceptors (Lipinski definition) is 3. The first-order chi connectivity index (χ1) is 13.2. The fourth-order valence-electron chi connectivity index (χ4n) is 2.87. The van der Waals surface area contributed by atoms with Crippen molar-refractivity contribution in [2.24, 2.45) is 0 Å². The van der Waals surface area contributed by atoms with Crippen LogP contribution >= 0.6 is 0 Å². The SMILES string of the molecule is Cc1c(C(=O)N(C)CC(=O)Nc2ccccc2C(F)(F)F)oc2ccccc12. The number of likely N-dealkylation sites (N-methyl/N-ethyl adjacent to an activating group) is 1. The van der Waals surface area contributed by atoms with Gasteiger partial charge >= 0.3 is 6.18 Å². The van der Waals surface area contributed by atoms with Gasteiger partial charge in [0, 0.05) is 18.0 Å². The number of anilines is 1. The summed E-state index contributed by atoms with van der Waals surface area (Å²) in [7, 11) is 1.38. The minimum Gasteiger partial charge on any atom is -0.451 e. The topological polar surface area (TPSA) is 62.6 Å². The molecule has 146 valence electrons. The highest BCUT2D eigenvalue weighted by atomic mass is 19.4. The molecule has 0 aliphatic carbocycles. The molecule has 2 amide bonds. The maximum atomic E-state index is 13.0. The van der Waals surface area contributed by atoms with Crippen molar-refractivity contribution < 1.29 is 27.2 Å². The molecule has 0 fully saturated rings. The van der Waals surface area contributed by atoms with E-state index in [0.29, 0.717) is 11.1 Å². The summed E-state index contributed by atoms with van der Waals surface area (Å²) in [5.41, 5.74) is -0.137. The van der Waals surface area contributed by atoms with Gasteiger partial charge in [0.2, 0.25) is 5.91 Å². The highest BCUT2D eigenvalue weighted by Gasteiger charge is 2.33. The predicted molar refractivity (Wildman–Crippen MR) is 98.0 cm³/mol. The van der Waals surface area contributed by atoms with Crippen molar-refractivity contribution in [1.29, 1.82) is 0 Å². The Morgan fingerprint density at radius 2 is 1.71 bits per heavy atom. The van der Waals surface area contributed by atoms with Gasteiger partial charge in [-0.3, -0.25) is 9.59 Å². The summed E-state index contributed by atoms with van der Waals surface area (Å²) >= 11 is 0. The van der Waals surface area contributed by atoms with E-state index >= 15 is 0 Å². The van der Waals surface area contributed by atoms with Crippen LogP contribution < -0.4 is 5.32 Å². The number of amides is 2. The number of carbonyl (C=O) groups excluding carboxylic acids is 2. The van der Waals surface area contributed by atoms with E-state index in [-0.39, 0.29) is 11.4 Å². The number of carbonyl (C=O) groups is 2. The standard InChI is InChI=1S/C20H17F3N2O3/c1-12-13-7-3-6-10-16(13)28-18(12)19(27)25(2)11-17(26)24-15-9-5-4-8-14(15)20(21,22)23/h3-10H,11H2,1-2H3,(H,24,26). The van der Waals surface area contributed by atoms with E-state index in [1.807, 2.05) is 12.1 Å². The fraction of sp³-hybridized carbons (Fsp3) is 0.200. The summed E-state index contributed by atoms with van der Waals surface area (Å²) in [5, 5.41) is 2.99. The van der Waals surface area contributed by atoms with Crippen LogP contribution in [0.3, 0.4) is 0 Å². The molecule has 2 aromatic carbocycles. The van der Waals surface area contributed by atoms with Crippen molar-refractivity contribution in [2.45, 2.75) is 13.1 Å². The van der Waals surface area contributed by atoms with Crippen molar-refractivity contribution in [2.75, 3.05) is 18.9 Å². The largest absolute Gasteiger partial charge is 0.451 e. The number of halogens is 3. The van der Waals surface area contributed by atoms with Crippen molar-refractivity contribution in [3.63, 3.8) is 0 Å². The number of aryl methyl sites for hydroxylation is 1. The third-order valence-electron chi connectivity index (χ3n) is 4.27. The normalized spacial score (nSPS) is 11.5. The second-order valence-corrected chi connectivity index (χ2v) is 6.31. The molecule has 5 nitrogen and oxygen atoms in total. The summed E-state index contributed by atoms with van der Waals surface area (Å²) in [6.07, 6.45) is -4.60. The lowest BCUT2D eigenvalue weighted by Gasteiger charge is -2.17. The third kappa shape index (κ3) is 3.85. The Bertz CT molecular complexity index is 1040. The molecule has 0 aliphatic heterocycles. The number of nitrogens with zero attached hydrogens (tertiary/aromatic N) is 1. The second kappa shape index (κ2) is 7.38. The van der Waals surface area contributed by atoms with Crippen LogP contribution in [0.5, 0.6) is 0 Å². The van der Waals surface area contributed by atoms with E-state index in [4.69, 9.17) is 4.42 Å². The number of nitrogens with one attached hydrogen (secondary N) is 1. The van der Waals surface area contributed by atoms with Crippen LogP contribution in [-0.4, -0.2) is 30.3 Å². The number of fused-ring (bicyclic) bond motifs is 1. The summed E-state index contributed by atoms with van der Waals surface area (Å²) in [6, 6.07) is 11.8. The lowest BCUT2D eigenvalue weighted by molar-refractivity contribution is -0.137. The maximum Gasteiger partial charge on any atom is 0.418 e. The van der Waals surface area contributed by atoms with E-state index in [1.165, 1.54) is 19.2 Å². The molecule has 3 aromatic rings. The molecule has 3 rings (SSSR count). The number of rotatable bonds is 4. The maximum absolute atomic E-state index is 13.0. The minimum absolute atomic E-state index is 0.0900. The molecule has 0 saturated carbocycles. The Balaban J connectivity index is 1.74. The Hall–Kier alpha value is -3.29. The van der Waals surface area contributed by atoms with Crippen molar-refractivity contribution in [3.05, 3.63) is 65.4 Å². The van der Waals surface area contributed by atoms with Crippen LogP contribution in [0.15, 0.2) is 52.9 Å². The van der Waals surface area contributed by atoms with Gasteiger partial charge in [-0.05, 0) is 25.1 Å². The zero-order chi connectivity index (χ0) is 20.5. The summed E-state index contributed by atoms with van der Waals surface area (Å²) in [4.78, 5) is 25.9. The first-order valence-electron chi connectivity index (χ1n) is 8.38. The van der Waals surface area contributed by atoms with Gasteiger partial charge in [0.15, 0.2) is 5.76 Å². The Labute approximate surface area is 158 Å². The summed E-state index contributed by atoms with van der Waals surface area (Å²) < 4.78 is 44.7. The molecule has 0 unspecified atom stereocenters. The average Bonchev–Trinajstić information content (AvgIpc) is 2.97. The number of para-hydroxylation sites is 2. The Kier molecular flexibility index (Phi) is 5.13.